The van der Waals surface area contributed by atoms with E-state index in [1.807, 2.05) is 0 Å². The van der Waals surface area contributed by atoms with Gasteiger partial charge in [0.1, 0.15) is 5.82 Å². The summed E-state index contributed by atoms with van der Waals surface area (Å²) < 4.78 is 37.5. The summed E-state index contributed by atoms with van der Waals surface area (Å²) in [4.78, 5) is 0. The third-order valence-electron chi connectivity index (χ3n) is 2.26. The van der Waals surface area contributed by atoms with Crippen molar-refractivity contribution in [2.45, 2.75) is 6.18 Å². The van der Waals surface area contributed by atoms with Crippen LogP contribution in [0.5, 0.6) is 0 Å². The lowest BCUT2D eigenvalue weighted by Gasteiger charge is -2.09. The Hall–Kier alpha value is -1.82. The fourth-order valence-corrected chi connectivity index (χ4v) is 1.69. The second-order valence-corrected chi connectivity index (χ2v) is 3.94. The first-order valence-electron chi connectivity index (χ1n) is 4.84. The number of benzene rings is 1. The molecule has 0 spiro atoms. The third-order valence-corrected chi connectivity index (χ3v) is 2.57. The Balaban J connectivity index is 2.43. The number of alkyl halides is 3. The molecular formula is C11H7ClF3N3. The van der Waals surface area contributed by atoms with Crippen LogP contribution in [-0.2, 0) is 6.18 Å². The van der Waals surface area contributed by atoms with E-state index in [4.69, 9.17) is 17.3 Å². The van der Waals surface area contributed by atoms with Gasteiger partial charge in [-0.15, -0.1) is 10.2 Å². The van der Waals surface area contributed by atoms with Crippen molar-refractivity contribution in [1.29, 1.82) is 0 Å². The number of aromatic nitrogens is 2. The SMILES string of the molecule is Nc1ccc(-c2ccc(C(F)(F)F)c(Cl)c2)nn1. The maximum atomic E-state index is 12.5. The summed E-state index contributed by atoms with van der Waals surface area (Å²) in [6.45, 7) is 0. The first-order valence-corrected chi connectivity index (χ1v) is 5.22. The van der Waals surface area contributed by atoms with Gasteiger partial charge in [-0.05, 0) is 24.3 Å². The second-order valence-electron chi connectivity index (χ2n) is 3.54. The Morgan fingerprint density at radius 1 is 1.06 bits per heavy atom. The van der Waals surface area contributed by atoms with Crippen LogP contribution in [0.15, 0.2) is 30.3 Å². The van der Waals surface area contributed by atoms with Gasteiger partial charge in [-0.1, -0.05) is 17.7 Å². The molecule has 18 heavy (non-hydrogen) atoms. The first-order chi connectivity index (χ1) is 8.38. The lowest BCUT2D eigenvalue weighted by atomic mass is 10.1. The topological polar surface area (TPSA) is 51.8 Å². The number of nitrogens with two attached hydrogens (primary N) is 1. The highest BCUT2D eigenvalue weighted by molar-refractivity contribution is 6.31. The average Bonchev–Trinajstić information content (AvgIpc) is 2.28. The van der Waals surface area contributed by atoms with E-state index in [-0.39, 0.29) is 10.8 Å². The smallest absolute Gasteiger partial charge is 0.382 e. The van der Waals surface area contributed by atoms with Crippen molar-refractivity contribution in [3.8, 4) is 11.3 Å². The fraction of sp³-hybridized carbons (Fsp3) is 0.0909. The van der Waals surface area contributed by atoms with Crippen molar-refractivity contribution in [3.05, 3.63) is 40.9 Å². The Labute approximate surface area is 105 Å². The van der Waals surface area contributed by atoms with E-state index in [1.165, 1.54) is 18.2 Å². The lowest BCUT2D eigenvalue weighted by Crippen LogP contribution is -2.05. The minimum Gasteiger partial charge on any atom is -0.382 e. The third kappa shape index (κ3) is 2.53. The van der Waals surface area contributed by atoms with E-state index in [9.17, 15) is 13.2 Å². The predicted octanol–water partition coefficient (Wildman–Crippen LogP) is 3.40. The highest BCUT2D eigenvalue weighted by Gasteiger charge is 2.33. The fourth-order valence-electron chi connectivity index (χ4n) is 1.40. The summed E-state index contributed by atoms with van der Waals surface area (Å²) in [6, 6.07) is 6.46. The standard InChI is InChI=1S/C11H7ClF3N3/c12-8-5-6(1-2-7(8)11(13,14)15)9-3-4-10(16)18-17-9/h1-5H,(H2,16,18). The van der Waals surface area contributed by atoms with Crippen molar-refractivity contribution in [2.24, 2.45) is 0 Å². The molecule has 0 saturated heterocycles. The molecule has 0 unspecified atom stereocenters. The number of rotatable bonds is 1. The minimum absolute atomic E-state index is 0.233. The Bertz CT molecular complexity index is 567. The molecule has 0 aliphatic heterocycles. The molecule has 1 aromatic carbocycles. The van der Waals surface area contributed by atoms with Gasteiger partial charge in [-0.25, -0.2) is 0 Å². The highest BCUT2D eigenvalue weighted by Crippen LogP contribution is 2.36. The molecule has 0 bridgehead atoms. The van der Waals surface area contributed by atoms with Crippen LogP contribution in [0.3, 0.4) is 0 Å². The van der Waals surface area contributed by atoms with Gasteiger partial charge in [0.25, 0.3) is 0 Å². The molecule has 0 radical (unpaired) electrons. The van der Waals surface area contributed by atoms with Crippen LogP contribution in [0.2, 0.25) is 5.02 Å². The molecule has 0 fully saturated rings. The number of hydrogen-bond donors (Lipinski definition) is 1. The van der Waals surface area contributed by atoms with Crippen molar-refractivity contribution in [3.63, 3.8) is 0 Å². The lowest BCUT2D eigenvalue weighted by molar-refractivity contribution is -0.137. The van der Waals surface area contributed by atoms with Gasteiger partial charge in [0.05, 0.1) is 16.3 Å². The molecule has 7 heteroatoms. The zero-order valence-electron chi connectivity index (χ0n) is 8.87. The van der Waals surface area contributed by atoms with Gasteiger partial charge < -0.3 is 5.73 Å². The van der Waals surface area contributed by atoms with Gasteiger partial charge in [-0.2, -0.15) is 13.2 Å². The average molecular weight is 274 g/mol. The molecule has 2 aromatic rings. The second kappa shape index (κ2) is 4.45. The number of anilines is 1. The Morgan fingerprint density at radius 2 is 1.78 bits per heavy atom. The van der Waals surface area contributed by atoms with Crippen molar-refractivity contribution >= 4 is 17.4 Å². The minimum atomic E-state index is -4.47. The number of nitrogen functional groups attached to an aromatic ring is 1. The van der Waals surface area contributed by atoms with Gasteiger partial charge in [-0.3, -0.25) is 0 Å². The van der Waals surface area contributed by atoms with Crippen LogP contribution in [-0.4, -0.2) is 10.2 Å². The zero-order chi connectivity index (χ0) is 13.3. The van der Waals surface area contributed by atoms with Crippen LogP contribution >= 0.6 is 11.6 Å². The number of halogens is 4. The van der Waals surface area contributed by atoms with Crippen LogP contribution in [0, 0.1) is 0 Å². The molecule has 2 N–H and O–H groups in total. The van der Waals surface area contributed by atoms with E-state index in [0.29, 0.717) is 11.3 Å². The van der Waals surface area contributed by atoms with E-state index in [2.05, 4.69) is 10.2 Å². The Kier molecular flexibility index (Phi) is 3.13. The molecule has 0 aliphatic rings. The molecule has 1 heterocycles. The summed E-state index contributed by atoms with van der Waals surface area (Å²) in [7, 11) is 0. The monoisotopic (exact) mass is 273 g/mol. The van der Waals surface area contributed by atoms with E-state index >= 15 is 0 Å². The molecular weight excluding hydrogens is 267 g/mol. The number of nitrogens with zero attached hydrogens (tertiary/aromatic N) is 2. The first kappa shape index (κ1) is 12.6. The van der Waals surface area contributed by atoms with E-state index in [0.717, 1.165) is 6.07 Å². The maximum absolute atomic E-state index is 12.5. The molecule has 94 valence electrons. The molecule has 0 aliphatic carbocycles. The molecule has 2 rings (SSSR count). The molecule has 3 nitrogen and oxygen atoms in total. The molecule has 0 saturated carbocycles. The summed E-state index contributed by atoms with van der Waals surface area (Å²) >= 11 is 5.60. The summed E-state index contributed by atoms with van der Waals surface area (Å²) in [5.74, 6) is 0.233. The van der Waals surface area contributed by atoms with Gasteiger partial charge in [0, 0.05) is 5.56 Å². The van der Waals surface area contributed by atoms with Crippen molar-refractivity contribution < 1.29 is 13.2 Å². The molecule has 0 amide bonds. The quantitative estimate of drug-likeness (QED) is 0.866. The van der Waals surface area contributed by atoms with E-state index < -0.39 is 11.7 Å². The van der Waals surface area contributed by atoms with Crippen LogP contribution in [0.1, 0.15) is 5.56 Å². The van der Waals surface area contributed by atoms with Crippen molar-refractivity contribution in [2.75, 3.05) is 5.73 Å². The van der Waals surface area contributed by atoms with Gasteiger partial charge in [0.15, 0.2) is 0 Å². The number of hydrogen-bond acceptors (Lipinski definition) is 3. The summed E-state index contributed by atoms with van der Waals surface area (Å²) in [5, 5.41) is 7.01. The molecule has 1 aromatic heterocycles. The summed E-state index contributed by atoms with van der Waals surface area (Å²) in [5.41, 5.74) is 5.34. The van der Waals surface area contributed by atoms with E-state index in [1.54, 1.807) is 6.07 Å². The van der Waals surface area contributed by atoms with Gasteiger partial charge >= 0.3 is 6.18 Å². The molecule has 0 atom stereocenters. The summed E-state index contributed by atoms with van der Waals surface area (Å²) in [6.07, 6.45) is -4.47. The van der Waals surface area contributed by atoms with Gasteiger partial charge in [0.2, 0.25) is 0 Å². The normalized spacial score (nSPS) is 11.6. The Morgan fingerprint density at radius 3 is 2.28 bits per heavy atom. The van der Waals surface area contributed by atoms with Crippen molar-refractivity contribution in [1.82, 2.24) is 10.2 Å². The predicted molar refractivity (Wildman–Crippen MR) is 61.9 cm³/mol. The highest BCUT2D eigenvalue weighted by atomic mass is 35.5. The van der Waals surface area contributed by atoms with Crippen LogP contribution in [0.4, 0.5) is 19.0 Å². The van der Waals surface area contributed by atoms with Crippen LogP contribution < -0.4 is 5.73 Å². The zero-order valence-corrected chi connectivity index (χ0v) is 9.63. The largest absolute Gasteiger partial charge is 0.417 e. The van der Waals surface area contributed by atoms with Crippen LogP contribution in [0.25, 0.3) is 11.3 Å². The maximum Gasteiger partial charge on any atom is 0.417 e.